The van der Waals surface area contributed by atoms with Gasteiger partial charge in [0.15, 0.2) is 0 Å². The van der Waals surface area contributed by atoms with Gasteiger partial charge in [-0.05, 0) is 45.1 Å². The number of hydrogen-bond acceptors (Lipinski definition) is 4. The lowest BCUT2D eigenvalue weighted by Gasteiger charge is -2.42. The number of ether oxygens (including phenoxy) is 1. The third-order valence-electron chi connectivity index (χ3n) is 5.22. The average molecular weight is 327 g/mol. The van der Waals surface area contributed by atoms with Crippen LogP contribution in [0.3, 0.4) is 0 Å². The molecule has 0 aliphatic heterocycles. The Morgan fingerprint density at radius 1 is 1.35 bits per heavy atom. The first-order chi connectivity index (χ1) is 10.9. The van der Waals surface area contributed by atoms with Crippen LogP contribution in [0.4, 0.5) is 4.79 Å². The number of carboxylic acid groups (broad SMARTS) is 1. The minimum Gasteiger partial charge on any atom is -0.480 e. The van der Waals surface area contributed by atoms with E-state index in [1.54, 1.807) is 7.11 Å². The minimum atomic E-state index is -0.806. The van der Waals surface area contributed by atoms with Crippen molar-refractivity contribution in [2.24, 2.45) is 5.92 Å². The zero-order chi connectivity index (χ0) is 17.0. The first kappa shape index (κ1) is 18.0. The molecule has 0 aromatic rings. The number of rotatable bonds is 9. The Morgan fingerprint density at radius 2 is 2.00 bits per heavy atom. The zero-order valence-electron chi connectivity index (χ0n) is 14.3. The highest BCUT2D eigenvalue weighted by Gasteiger charge is 2.42. The van der Waals surface area contributed by atoms with Crippen molar-refractivity contribution in [3.8, 4) is 0 Å². The zero-order valence-corrected chi connectivity index (χ0v) is 14.3. The van der Waals surface area contributed by atoms with Gasteiger partial charge in [0, 0.05) is 25.7 Å². The molecule has 1 unspecified atom stereocenters. The van der Waals surface area contributed by atoms with Gasteiger partial charge in [-0.1, -0.05) is 6.92 Å². The number of aliphatic carboxylic acids is 1. The van der Waals surface area contributed by atoms with Crippen molar-refractivity contribution in [2.75, 3.05) is 26.7 Å². The summed E-state index contributed by atoms with van der Waals surface area (Å²) in [4.78, 5) is 24.7. The fraction of sp³-hybridized carbons (Fsp3) is 0.875. The second-order valence-electron chi connectivity index (χ2n) is 6.90. The molecule has 2 amide bonds. The molecule has 2 aliphatic carbocycles. The van der Waals surface area contributed by atoms with Crippen molar-refractivity contribution >= 4 is 12.0 Å². The van der Waals surface area contributed by atoms with Gasteiger partial charge in [0.25, 0.3) is 0 Å². The van der Waals surface area contributed by atoms with Crippen molar-refractivity contribution in [3.63, 3.8) is 0 Å². The summed E-state index contributed by atoms with van der Waals surface area (Å²) in [7, 11) is 1.69. The number of nitrogens with one attached hydrogen (secondary N) is 2. The van der Waals surface area contributed by atoms with Gasteiger partial charge in [-0.15, -0.1) is 0 Å². The Bertz CT molecular complexity index is 435. The van der Waals surface area contributed by atoms with Gasteiger partial charge in [-0.3, -0.25) is 9.69 Å². The molecule has 23 heavy (non-hydrogen) atoms. The van der Waals surface area contributed by atoms with E-state index < -0.39 is 5.97 Å². The molecule has 2 fully saturated rings. The van der Waals surface area contributed by atoms with Crippen molar-refractivity contribution < 1.29 is 19.4 Å². The first-order valence-corrected chi connectivity index (χ1v) is 8.43. The number of carbonyl (C=O) groups excluding carboxylic acids is 1. The molecule has 0 aromatic heterocycles. The Balaban J connectivity index is 1.66. The number of urea groups is 1. The highest BCUT2D eigenvalue weighted by atomic mass is 16.5. The van der Waals surface area contributed by atoms with Crippen LogP contribution in [0.5, 0.6) is 0 Å². The van der Waals surface area contributed by atoms with Gasteiger partial charge in [0.1, 0.15) is 0 Å². The number of likely N-dealkylation sites (N-methyl/N-ethyl adjacent to an activating group) is 1. The molecule has 0 radical (unpaired) electrons. The SMILES string of the molecule is CCN(CC(=O)O)C1CC(NC(=O)NCC(C)(OC)C2CC2)C1. The van der Waals surface area contributed by atoms with Gasteiger partial charge in [0.05, 0.1) is 12.1 Å². The maximum atomic E-state index is 12.0. The number of nitrogens with zero attached hydrogens (tertiary/aromatic N) is 1. The number of hydrogen-bond donors (Lipinski definition) is 3. The molecule has 0 saturated heterocycles. The topological polar surface area (TPSA) is 90.9 Å². The molecule has 1 atom stereocenters. The van der Waals surface area contributed by atoms with Crippen molar-refractivity contribution in [3.05, 3.63) is 0 Å². The van der Waals surface area contributed by atoms with Crippen molar-refractivity contribution in [2.45, 2.75) is 57.2 Å². The van der Waals surface area contributed by atoms with E-state index in [1.165, 1.54) is 0 Å². The Hall–Kier alpha value is -1.34. The van der Waals surface area contributed by atoms with E-state index in [9.17, 15) is 9.59 Å². The van der Waals surface area contributed by atoms with Crippen LogP contribution in [0.1, 0.15) is 39.5 Å². The Kier molecular flexibility index (Phi) is 5.86. The summed E-state index contributed by atoms with van der Waals surface area (Å²) in [5.41, 5.74) is -0.278. The lowest BCUT2D eigenvalue weighted by molar-refractivity contribution is -0.139. The van der Waals surface area contributed by atoms with E-state index in [2.05, 4.69) is 10.6 Å². The summed E-state index contributed by atoms with van der Waals surface area (Å²) < 4.78 is 5.55. The molecule has 3 N–H and O–H groups in total. The monoisotopic (exact) mass is 327 g/mol. The van der Waals surface area contributed by atoms with Gasteiger partial charge >= 0.3 is 12.0 Å². The van der Waals surface area contributed by atoms with Crippen LogP contribution in [0.15, 0.2) is 0 Å². The van der Waals surface area contributed by atoms with Crippen molar-refractivity contribution in [1.82, 2.24) is 15.5 Å². The second kappa shape index (κ2) is 7.49. The van der Waals surface area contributed by atoms with E-state index in [0.29, 0.717) is 19.0 Å². The number of carboxylic acids is 1. The molecule has 2 aliphatic rings. The largest absolute Gasteiger partial charge is 0.480 e. The molecule has 0 heterocycles. The van der Waals surface area contributed by atoms with Crippen LogP contribution in [-0.2, 0) is 9.53 Å². The molecule has 2 rings (SSSR count). The lowest BCUT2D eigenvalue weighted by atomic mass is 9.85. The standard InChI is InChI=1S/C16H29N3O4/c1-4-19(9-14(20)21)13-7-12(8-13)18-15(22)17-10-16(2,23-3)11-5-6-11/h11-13H,4-10H2,1-3H3,(H,20,21)(H2,17,18,22). The lowest BCUT2D eigenvalue weighted by Crippen LogP contribution is -2.57. The summed E-state index contributed by atoms with van der Waals surface area (Å²) in [5.74, 6) is -0.269. The summed E-state index contributed by atoms with van der Waals surface area (Å²) in [6.45, 7) is 5.28. The molecular weight excluding hydrogens is 298 g/mol. The molecular formula is C16H29N3O4. The van der Waals surface area contributed by atoms with Crippen LogP contribution in [0, 0.1) is 5.92 Å². The van der Waals surface area contributed by atoms with E-state index in [4.69, 9.17) is 9.84 Å². The predicted molar refractivity (Wildman–Crippen MR) is 86.4 cm³/mol. The minimum absolute atomic E-state index is 0.0632. The molecule has 132 valence electrons. The van der Waals surface area contributed by atoms with Gasteiger partial charge in [-0.2, -0.15) is 0 Å². The number of carbonyl (C=O) groups is 2. The molecule has 0 aromatic carbocycles. The Morgan fingerprint density at radius 3 is 2.48 bits per heavy atom. The molecule has 2 saturated carbocycles. The van der Waals surface area contributed by atoms with E-state index >= 15 is 0 Å². The van der Waals surface area contributed by atoms with Crippen LogP contribution < -0.4 is 10.6 Å². The summed E-state index contributed by atoms with van der Waals surface area (Å²) in [6.07, 6.45) is 3.93. The maximum Gasteiger partial charge on any atom is 0.317 e. The fourth-order valence-electron chi connectivity index (χ4n) is 3.25. The van der Waals surface area contributed by atoms with Crippen LogP contribution in [-0.4, -0.2) is 66.4 Å². The maximum absolute atomic E-state index is 12.0. The summed E-state index contributed by atoms with van der Waals surface area (Å²) >= 11 is 0. The van der Waals surface area contributed by atoms with Gasteiger partial charge in [0.2, 0.25) is 0 Å². The fourth-order valence-corrected chi connectivity index (χ4v) is 3.25. The highest BCUT2D eigenvalue weighted by molar-refractivity contribution is 5.74. The average Bonchev–Trinajstić information content (AvgIpc) is 3.31. The first-order valence-electron chi connectivity index (χ1n) is 8.43. The molecule has 7 heteroatoms. The van der Waals surface area contributed by atoms with Crippen LogP contribution in [0.2, 0.25) is 0 Å². The summed E-state index contributed by atoms with van der Waals surface area (Å²) in [6, 6.07) is 0.202. The van der Waals surface area contributed by atoms with E-state index in [1.807, 2.05) is 18.7 Å². The molecule has 0 spiro atoms. The van der Waals surface area contributed by atoms with Gasteiger partial charge < -0.3 is 20.5 Å². The molecule has 7 nitrogen and oxygen atoms in total. The van der Waals surface area contributed by atoms with Crippen LogP contribution >= 0.6 is 0 Å². The smallest absolute Gasteiger partial charge is 0.317 e. The highest BCUT2D eigenvalue weighted by Crippen LogP contribution is 2.41. The van der Waals surface area contributed by atoms with Gasteiger partial charge in [-0.25, -0.2) is 4.79 Å². The second-order valence-corrected chi connectivity index (χ2v) is 6.90. The quantitative estimate of drug-likeness (QED) is 0.588. The third kappa shape index (κ3) is 4.81. The molecule has 0 bridgehead atoms. The predicted octanol–water partition coefficient (Wildman–Crippen LogP) is 1.04. The van der Waals surface area contributed by atoms with E-state index in [0.717, 1.165) is 25.7 Å². The summed E-state index contributed by atoms with van der Waals surface area (Å²) in [5, 5.41) is 14.7. The van der Waals surface area contributed by atoms with Crippen LogP contribution in [0.25, 0.3) is 0 Å². The number of methoxy groups -OCH3 is 1. The Labute approximate surface area is 137 Å². The normalized spacial score (nSPS) is 26.3. The van der Waals surface area contributed by atoms with Crippen molar-refractivity contribution in [1.29, 1.82) is 0 Å². The van der Waals surface area contributed by atoms with E-state index in [-0.39, 0.29) is 30.3 Å². The third-order valence-corrected chi connectivity index (χ3v) is 5.22. The number of amides is 2.